The SMILES string of the molecule is C.NCCS.N[C@H](CS)CCS.OCCS.O[C@H](CS)[C@H](O)CS.[2H][3H].[3HH]. The Kier molecular flexibility index (Phi) is 50.1. The first kappa shape index (κ1) is 33.5. The van der Waals surface area contributed by atoms with E-state index in [0.717, 1.165) is 23.7 Å². The van der Waals surface area contributed by atoms with Crippen molar-refractivity contribution in [3.05, 3.63) is 0 Å². The summed E-state index contributed by atoms with van der Waals surface area (Å²) >= 11 is 23.0. The quantitative estimate of drug-likeness (QED) is 0.242. The average molecular weight is 472 g/mol. The molecular formula is C13H42N2O3S6. The molecule has 7 N–H and O–H groups in total. The van der Waals surface area contributed by atoms with E-state index >= 15 is 0 Å². The zero-order valence-corrected chi connectivity index (χ0v) is 18.6. The molecule has 0 aliphatic heterocycles. The summed E-state index contributed by atoms with van der Waals surface area (Å²) in [6.07, 6.45) is -0.515. The van der Waals surface area contributed by atoms with Crippen molar-refractivity contribution in [2.24, 2.45) is 11.5 Å². The Morgan fingerprint density at radius 3 is 1.29 bits per heavy atom. The van der Waals surface area contributed by atoms with E-state index in [4.69, 9.17) is 29.8 Å². The Hall–Kier alpha value is 1.90. The maximum absolute atomic E-state index is 8.75. The topological polar surface area (TPSA) is 113 Å². The van der Waals surface area contributed by atoms with E-state index in [1.807, 2.05) is 0 Å². The summed E-state index contributed by atoms with van der Waals surface area (Å²) in [5, 5.41) is 25.3. The molecule has 5 nitrogen and oxygen atoms in total. The molecule has 0 aromatic rings. The lowest BCUT2D eigenvalue weighted by Gasteiger charge is -2.11. The molecule has 0 aliphatic carbocycles. The molecule has 158 valence electrons. The molecule has 0 rings (SSSR count). The van der Waals surface area contributed by atoms with Gasteiger partial charge in [0, 0.05) is 45.7 Å². The van der Waals surface area contributed by atoms with Crippen LogP contribution in [-0.4, -0.2) is 81.2 Å². The largest absolute Gasteiger partial charge is 0.396 e. The molecule has 3 atom stereocenters. The smallest absolute Gasteiger partial charge is 0.0894 e. The van der Waals surface area contributed by atoms with Gasteiger partial charge in [-0.25, -0.2) is 0 Å². The lowest BCUT2D eigenvalue weighted by Crippen LogP contribution is -2.28. The number of thiol groups is 6. The summed E-state index contributed by atoms with van der Waals surface area (Å²) < 4.78 is 10.0. The molecule has 0 bridgehead atoms. The molecule has 0 spiro atoms. The fraction of sp³-hybridized carbons (Fsp3) is 1.00. The number of nitrogens with two attached hydrogens (primary N) is 2. The number of aliphatic hydroxyl groups is 3. The van der Waals surface area contributed by atoms with Gasteiger partial charge in [0.25, 0.3) is 0 Å². The highest BCUT2D eigenvalue weighted by atomic mass is 32.1. The van der Waals surface area contributed by atoms with Crippen LogP contribution in [0.5, 0.6) is 0 Å². The van der Waals surface area contributed by atoms with Gasteiger partial charge in [-0.15, -0.1) is 0 Å². The zero-order chi connectivity index (χ0) is 21.1. The van der Waals surface area contributed by atoms with Crippen LogP contribution in [0.15, 0.2) is 0 Å². The Labute approximate surface area is 186 Å². The summed E-state index contributed by atoms with van der Waals surface area (Å²) in [5.41, 5.74) is 10.4. The monoisotopic (exact) mass is 471 g/mol. The van der Waals surface area contributed by atoms with Crippen molar-refractivity contribution in [3.63, 3.8) is 0 Å². The van der Waals surface area contributed by atoms with Crippen LogP contribution in [0.2, 0.25) is 0 Å². The minimum Gasteiger partial charge on any atom is -0.396 e. The summed E-state index contributed by atoms with van der Waals surface area (Å²) in [4.78, 5) is 0. The van der Waals surface area contributed by atoms with Crippen LogP contribution in [0.1, 0.15) is 18.2 Å². The van der Waals surface area contributed by atoms with E-state index in [2.05, 4.69) is 75.8 Å². The first-order chi connectivity index (χ1) is 11.9. The van der Waals surface area contributed by atoms with Crippen molar-refractivity contribution in [3.8, 4) is 0 Å². The van der Waals surface area contributed by atoms with Crippen LogP contribution < -0.4 is 11.5 Å². The fourth-order valence-electron chi connectivity index (χ4n) is 0.500. The van der Waals surface area contributed by atoms with Crippen molar-refractivity contribution in [2.45, 2.75) is 32.1 Å². The Morgan fingerprint density at radius 2 is 1.21 bits per heavy atom. The molecule has 0 saturated heterocycles. The standard InChI is InChI=1S/C4H11NS2.C4H10O2S2.C2H7NS.C2H6OS.CH4.2H2/c5-4(3-7)1-2-6;5-3(1-7)4(6)2-8;2*3-1-2-4;;;/h4,6-7H,1-3,5H2;3-8H,1-2H2;4H,1-3H2;3-4H,1-2H2;1H4;2*1H/t4-;3-,4-;;;;;/m01...../s1/i;;;;;1+2D;1+2. The highest BCUT2D eigenvalue weighted by Gasteiger charge is 2.10. The third kappa shape index (κ3) is 43.9. The van der Waals surface area contributed by atoms with E-state index < -0.39 is 12.2 Å². The summed E-state index contributed by atoms with van der Waals surface area (Å²) in [6, 6.07) is 0.237. The van der Waals surface area contributed by atoms with Crippen LogP contribution in [0.25, 0.3) is 0 Å². The van der Waals surface area contributed by atoms with Gasteiger partial charge >= 0.3 is 0 Å². The van der Waals surface area contributed by atoms with Gasteiger partial charge in [0.2, 0.25) is 0 Å². The van der Waals surface area contributed by atoms with Gasteiger partial charge in [-0.3, -0.25) is 0 Å². The van der Waals surface area contributed by atoms with Gasteiger partial charge < -0.3 is 26.8 Å². The third-order valence-corrected chi connectivity index (χ3v) is 3.72. The Balaban J connectivity index is -0.0000000388. The highest BCUT2D eigenvalue weighted by Crippen LogP contribution is 1.96. The first-order valence-electron chi connectivity index (χ1n) is 7.94. The van der Waals surface area contributed by atoms with E-state index in [0.29, 0.717) is 12.3 Å². The van der Waals surface area contributed by atoms with Gasteiger partial charge in [-0.05, 0) is 12.2 Å². The van der Waals surface area contributed by atoms with Crippen LogP contribution in [-0.2, 0) is 0 Å². The molecule has 0 amide bonds. The number of rotatable bonds is 8. The number of hydrogen-bond donors (Lipinski definition) is 11. The molecule has 0 aromatic carbocycles. The van der Waals surface area contributed by atoms with E-state index in [1.165, 1.54) is 0 Å². The first-order valence-corrected chi connectivity index (χ1v) is 10.7. The maximum atomic E-state index is 8.75. The minimum absolute atomic E-state index is 0. The molecule has 0 saturated carbocycles. The van der Waals surface area contributed by atoms with Gasteiger partial charge in [-0.2, -0.15) is 75.8 Å². The zero-order valence-electron chi connectivity index (χ0n) is 15.3. The second-order valence-electron chi connectivity index (χ2n) is 3.91. The summed E-state index contributed by atoms with van der Waals surface area (Å²) in [6.45, 7) is 0.867. The molecule has 0 radical (unpaired) electrons. The van der Waals surface area contributed by atoms with Gasteiger partial charge in [0.15, 0.2) is 0 Å². The molecule has 24 heavy (non-hydrogen) atoms. The fourth-order valence-corrected chi connectivity index (χ4v) is 1.50. The third-order valence-electron chi connectivity index (χ3n) is 1.78. The Bertz CT molecular complexity index is 187. The van der Waals surface area contributed by atoms with E-state index in [-0.39, 0.29) is 33.0 Å². The Morgan fingerprint density at radius 1 is 0.875 bits per heavy atom. The van der Waals surface area contributed by atoms with Crippen LogP contribution in [0.3, 0.4) is 0 Å². The maximum Gasteiger partial charge on any atom is 0.0894 e. The normalized spacial score (nSPS) is 13.0. The number of aliphatic hydroxyl groups excluding tert-OH is 3. The van der Waals surface area contributed by atoms with Crippen molar-refractivity contribution < 1.29 is 19.7 Å². The van der Waals surface area contributed by atoms with Gasteiger partial charge in [-0.1, -0.05) is 7.43 Å². The lowest BCUT2D eigenvalue weighted by molar-refractivity contribution is 0.0504. The number of hydrogen-bond acceptors (Lipinski definition) is 11. The average Bonchev–Trinajstić information content (AvgIpc) is 2.69. The molecule has 0 fully saturated rings. The highest BCUT2D eigenvalue weighted by molar-refractivity contribution is 7.81. The van der Waals surface area contributed by atoms with Crippen molar-refractivity contribution >= 4 is 75.8 Å². The van der Waals surface area contributed by atoms with Crippen LogP contribution in [0, 0.1) is 0 Å². The van der Waals surface area contributed by atoms with Gasteiger partial charge in [0.05, 0.1) is 18.8 Å². The van der Waals surface area contributed by atoms with E-state index in [1.54, 1.807) is 0 Å². The predicted octanol–water partition coefficient (Wildman–Crippen LogP) is 1.04. The molecule has 0 aromatic heterocycles. The molecule has 0 unspecified atom stereocenters. The second kappa shape index (κ2) is 35.9. The molecule has 0 aliphatic rings. The minimum atomic E-state index is -0.740. The molecule has 11 heteroatoms. The van der Waals surface area contributed by atoms with Crippen molar-refractivity contribution in [1.82, 2.24) is 0 Å². The van der Waals surface area contributed by atoms with E-state index in [9.17, 15) is 0 Å². The lowest BCUT2D eigenvalue weighted by atomic mass is 10.3. The predicted molar refractivity (Wildman–Crippen MR) is 135 cm³/mol. The van der Waals surface area contributed by atoms with Crippen LogP contribution >= 0.6 is 75.8 Å². The molecule has 0 heterocycles. The van der Waals surface area contributed by atoms with Crippen molar-refractivity contribution in [2.75, 3.05) is 47.7 Å². The summed E-state index contributed by atoms with van der Waals surface area (Å²) in [5.74, 6) is 3.55. The van der Waals surface area contributed by atoms with Crippen molar-refractivity contribution in [1.29, 1.82) is 0 Å². The molecular weight excluding hydrogens is 425 g/mol. The van der Waals surface area contributed by atoms with Crippen LogP contribution in [0.4, 0.5) is 0 Å². The van der Waals surface area contributed by atoms with Gasteiger partial charge in [0.1, 0.15) is 0 Å². The summed E-state index contributed by atoms with van der Waals surface area (Å²) in [7, 11) is 0. The second-order valence-corrected chi connectivity index (χ2v) is 6.35.